The molecule has 0 amide bonds. The summed E-state index contributed by atoms with van der Waals surface area (Å²) in [5.74, 6) is 0. The first-order valence-corrected chi connectivity index (χ1v) is 18.1. The van der Waals surface area contributed by atoms with E-state index in [0.29, 0.717) is 0 Å². The van der Waals surface area contributed by atoms with E-state index in [4.69, 9.17) is 0 Å². The third-order valence-corrected chi connectivity index (χ3v) is 10.2. The molecule has 0 fully saturated rings. The van der Waals surface area contributed by atoms with E-state index >= 15 is 0 Å². The number of aromatic nitrogens is 1. The van der Waals surface area contributed by atoms with Crippen LogP contribution in [0.5, 0.6) is 0 Å². The second kappa shape index (κ2) is 13.6. The summed E-state index contributed by atoms with van der Waals surface area (Å²) >= 11 is 0. The van der Waals surface area contributed by atoms with Crippen LogP contribution >= 0.6 is 0 Å². The molecule has 0 aliphatic heterocycles. The Morgan fingerprint density at radius 2 is 0.769 bits per heavy atom. The summed E-state index contributed by atoms with van der Waals surface area (Å²) in [5, 5.41) is 2.62. The van der Waals surface area contributed by atoms with E-state index in [1.807, 2.05) is 0 Å². The van der Waals surface area contributed by atoms with Crippen molar-refractivity contribution < 1.29 is 0 Å². The van der Waals surface area contributed by atoms with Crippen molar-refractivity contribution in [3.8, 4) is 44.5 Å². The molecule has 0 aliphatic rings. The van der Waals surface area contributed by atoms with Gasteiger partial charge in [0, 0.05) is 45.4 Å². The molecule has 2 nitrogen and oxygen atoms in total. The average molecular weight is 667 g/mol. The van der Waals surface area contributed by atoms with Crippen LogP contribution in [0.15, 0.2) is 200 Å². The van der Waals surface area contributed by atoms with Gasteiger partial charge in [-0.25, -0.2) is 0 Å². The zero-order valence-electron chi connectivity index (χ0n) is 29.2. The Labute approximate surface area is 305 Å². The molecule has 0 bridgehead atoms. The smallest absolute Gasteiger partial charge is 0.0491 e. The number of nitrogens with zero attached hydrogens (tertiary/aromatic N) is 2. The molecule has 0 spiro atoms. The number of hydrogen-bond donors (Lipinski definition) is 0. The molecule has 0 saturated carbocycles. The Hall–Kier alpha value is -6.64. The summed E-state index contributed by atoms with van der Waals surface area (Å²) in [4.78, 5) is 2.32. The summed E-state index contributed by atoms with van der Waals surface area (Å²) in [5.41, 5.74) is 15.7. The molecule has 1 heterocycles. The van der Waals surface area contributed by atoms with Crippen LogP contribution < -0.4 is 4.90 Å². The number of para-hydroxylation sites is 2. The van der Waals surface area contributed by atoms with Crippen molar-refractivity contribution in [3.63, 3.8) is 0 Å². The average Bonchev–Trinajstić information content (AvgIpc) is 3.55. The fraction of sp³-hybridized carbons (Fsp3) is 0.0400. The third-order valence-electron chi connectivity index (χ3n) is 10.2. The highest BCUT2D eigenvalue weighted by Crippen LogP contribution is 2.39. The minimum absolute atomic E-state index is 0.953. The maximum absolute atomic E-state index is 2.41. The molecular weight excluding hydrogens is 629 g/mol. The number of benzene rings is 8. The highest BCUT2D eigenvalue weighted by molar-refractivity contribution is 6.09. The predicted octanol–water partition coefficient (Wildman–Crippen LogP) is 14.0. The van der Waals surface area contributed by atoms with Gasteiger partial charge in [-0.1, -0.05) is 146 Å². The molecule has 0 aliphatic carbocycles. The van der Waals surface area contributed by atoms with Crippen molar-refractivity contribution in [3.05, 3.63) is 200 Å². The van der Waals surface area contributed by atoms with Gasteiger partial charge in [-0.3, -0.25) is 0 Å². The Morgan fingerprint density at radius 3 is 1.40 bits per heavy atom. The number of fused-ring (bicyclic) bond motifs is 3. The van der Waals surface area contributed by atoms with Gasteiger partial charge in [0.25, 0.3) is 0 Å². The van der Waals surface area contributed by atoms with E-state index in [9.17, 15) is 0 Å². The van der Waals surface area contributed by atoms with Crippen LogP contribution in [0.3, 0.4) is 0 Å². The van der Waals surface area contributed by atoms with Crippen LogP contribution in [0.1, 0.15) is 6.92 Å². The van der Waals surface area contributed by atoms with Gasteiger partial charge in [-0.2, -0.15) is 0 Å². The highest BCUT2D eigenvalue weighted by Gasteiger charge is 2.15. The van der Waals surface area contributed by atoms with Crippen LogP contribution in [0.25, 0.3) is 66.3 Å². The minimum Gasteiger partial charge on any atom is -0.341 e. The van der Waals surface area contributed by atoms with Gasteiger partial charge < -0.3 is 9.47 Å². The number of rotatable bonds is 8. The molecule has 248 valence electrons. The lowest BCUT2D eigenvalue weighted by atomic mass is 9.93. The molecule has 0 atom stereocenters. The lowest BCUT2D eigenvalue weighted by Crippen LogP contribution is -2.09. The van der Waals surface area contributed by atoms with E-state index in [1.54, 1.807) is 0 Å². The number of anilines is 3. The standard InChI is InChI=1S/C50H38N2/c1-2-51-49-20-12-11-19-47(49)48-35-41(29-34-50(48)51)38-21-23-39(24-22-38)45-17-9-10-18-46(45)40-27-32-44(33-28-40)52(42-15-7-4-8-16-42)43-30-25-37(26-31-43)36-13-5-3-6-14-36/h3-35H,2H2,1H3. The van der Waals surface area contributed by atoms with Crippen molar-refractivity contribution >= 4 is 38.9 Å². The zero-order chi connectivity index (χ0) is 34.9. The molecule has 0 unspecified atom stereocenters. The van der Waals surface area contributed by atoms with Gasteiger partial charge in [0.2, 0.25) is 0 Å². The van der Waals surface area contributed by atoms with Crippen molar-refractivity contribution in [2.45, 2.75) is 13.5 Å². The molecule has 8 aromatic carbocycles. The predicted molar refractivity (Wildman–Crippen MR) is 222 cm³/mol. The molecule has 9 aromatic rings. The van der Waals surface area contributed by atoms with Gasteiger partial charge >= 0.3 is 0 Å². The van der Waals surface area contributed by atoms with E-state index in [-0.39, 0.29) is 0 Å². The molecule has 52 heavy (non-hydrogen) atoms. The number of aryl methyl sites for hydroxylation is 1. The van der Waals surface area contributed by atoms with Crippen molar-refractivity contribution in [1.29, 1.82) is 0 Å². The van der Waals surface area contributed by atoms with Crippen molar-refractivity contribution in [1.82, 2.24) is 4.57 Å². The highest BCUT2D eigenvalue weighted by atomic mass is 15.1. The summed E-state index contributed by atoms with van der Waals surface area (Å²) in [6.07, 6.45) is 0. The first kappa shape index (κ1) is 31.3. The second-order valence-corrected chi connectivity index (χ2v) is 13.2. The molecule has 0 radical (unpaired) electrons. The van der Waals surface area contributed by atoms with E-state index in [0.717, 1.165) is 23.6 Å². The Kier molecular flexibility index (Phi) is 8.19. The first-order chi connectivity index (χ1) is 25.7. The van der Waals surface area contributed by atoms with Gasteiger partial charge in [-0.05, 0) is 106 Å². The zero-order valence-corrected chi connectivity index (χ0v) is 29.2. The lowest BCUT2D eigenvalue weighted by Gasteiger charge is -2.26. The van der Waals surface area contributed by atoms with Crippen molar-refractivity contribution in [2.24, 2.45) is 0 Å². The van der Waals surface area contributed by atoms with Gasteiger partial charge in [0.05, 0.1) is 0 Å². The van der Waals surface area contributed by atoms with E-state index in [2.05, 4.69) is 217 Å². The molecule has 1 aromatic heterocycles. The van der Waals surface area contributed by atoms with Crippen LogP contribution in [0, 0.1) is 0 Å². The second-order valence-electron chi connectivity index (χ2n) is 13.2. The van der Waals surface area contributed by atoms with Crippen LogP contribution in [-0.2, 0) is 6.54 Å². The van der Waals surface area contributed by atoms with Crippen LogP contribution in [0.2, 0.25) is 0 Å². The number of hydrogen-bond acceptors (Lipinski definition) is 1. The third kappa shape index (κ3) is 5.75. The van der Waals surface area contributed by atoms with E-state index in [1.165, 1.54) is 66.3 Å². The fourth-order valence-corrected chi connectivity index (χ4v) is 7.65. The molecular formula is C50H38N2. The molecule has 9 rings (SSSR count). The summed E-state index contributed by atoms with van der Waals surface area (Å²) in [6.45, 7) is 3.17. The van der Waals surface area contributed by atoms with Crippen molar-refractivity contribution in [2.75, 3.05) is 4.90 Å². The van der Waals surface area contributed by atoms with Crippen LogP contribution in [0.4, 0.5) is 17.1 Å². The lowest BCUT2D eigenvalue weighted by molar-refractivity contribution is 0.827. The topological polar surface area (TPSA) is 8.17 Å². The largest absolute Gasteiger partial charge is 0.341 e. The maximum Gasteiger partial charge on any atom is 0.0491 e. The Balaban J connectivity index is 1.02. The maximum atomic E-state index is 2.41. The molecule has 0 N–H and O–H groups in total. The van der Waals surface area contributed by atoms with Gasteiger partial charge in [0.15, 0.2) is 0 Å². The quantitative estimate of drug-likeness (QED) is 0.157. The van der Waals surface area contributed by atoms with Gasteiger partial charge in [-0.15, -0.1) is 0 Å². The van der Waals surface area contributed by atoms with Crippen LogP contribution in [-0.4, -0.2) is 4.57 Å². The Morgan fingerprint density at radius 1 is 0.346 bits per heavy atom. The SMILES string of the molecule is CCn1c2ccccc2c2cc(-c3ccc(-c4ccccc4-c4ccc(N(c5ccccc5)c5ccc(-c6ccccc6)cc5)cc4)cc3)ccc21. The molecule has 2 heteroatoms. The normalized spacial score (nSPS) is 11.2. The molecule has 0 saturated heterocycles. The van der Waals surface area contributed by atoms with Gasteiger partial charge in [0.1, 0.15) is 0 Å². The summed E-state index contributed by atoms with van der Waals surface area (Å²) < 4.78 is 2.41. The first-order valence-electron chi connectivity index (χ1n) is 18.1. The monoisotopic (exact) mass is 666 g/mol. The Bertz CT molecular complexity index is 2620. The fourth-order valence-electron chi connectivity index (χ4n) is 7.65. The summed E-state index contributed by atoms with van der Waals surface area (Å²) in [7, 11) is 0. The summed E-state index contributed by atoms with van der Waals surface area (Å²) in [6, 6.07) is 72.3. The van der Waals surface area contributed by atoms with E-state index < -0.39 is 0 Å². The minimum atomic E-state index is 0.953.